The fourth-order valence-corrected chi connectivity index (χ4v) is 1.99. The largest absolute Gasteiger partial charge is 0.289 e. The van der Waals surface area contributed by atoms with Crippen molar-refractivity contribution >= 4 is 17.0 Å². The average Bonchev–Trinajstić information content (AvgIpc) is 2.99. The molecule has 0 bridgehead atoms. The van der Waals surface area contributed by atoms with E-state index >= 15 is 0 Å². The Balaban J connectivity index is 2.45. The SMILES string of the molecule is CN(c1cccc(F)c1C1CC1)S(=O)O. The van der Waals surface area contributed by atoms with E-state index in [1.54, 1.807) is 12.1 Å². The van der Waals surface area contributed by atoms with Crippen LogP contribution < -0.4 is 4.31 Å². The quantitative estimate of drug-likeness (QED) is 0.808. The molecule has 1 aliphatic rings. The summed E-state index contributed by atoms with van der Waals surface area (Å²) in [6, 6.07) is 4.62. The second kappa shape index (κ2) is 3.90. The van der Waals surface area contributed by atoms with Gasteiger partial charge in [0.2, 0.25) is 0 Å². The fourth-order valence-electron chi connectivity index (χ4n) is 1.66. The predicted molar refractivity (Wildman–Crippen MR) is 57.5 cm³/mol. The van der Waals surface area contributed by atoms with Crippen molar-refractivity contribution in [3.63, 3.8) is 0 Å². The lowest BCUT2D eigenvalue weighted by Crippen LogP contribution is -2.20. The minimum absolute atomic E-state index is 0.215. The van der Waals surface area contributed by atoms with E-state index in [9.17, 15) is 8.60 Å². The molecular formula is C10H12FNO2S. The second-order valence-corrected chi connectivity index (χ2v) is 4.68. The van der Waals surface area contributed by atoms with Crippen molar-refractivity contribution in [2.75, 3.05) is 11.4 Å². The molecule has 0 aromatic heterocycles. The van der Waals surface area contributed by atoms with Crippen molar-refractivity contribution in [3.8, 4) is 0 Å². The van der Waals surface area contributed by atoms with Gasteiger partial charge in [0.05, 0.1) is 5.69 Å². The Morgan fingerprint density at radius 3 is 2.73 bits per heavy atom. The molecule has 5 heteroatoms. The Bertz CT molecular complexity index is 406. The number of nitrogens with zero attached hydrogens (tertiary/aromatic N) is 1. The van der Waals surface area contributed by atoms with Gasteiger partial charge in [0.25, 0.3) is 11.3 Å². The van der Waals surface area contributed by atoms with Crippen molar-refractivity contribution in [1.82, 2.24) is 0 Å². The van der Waals surface area contributed by atoms with Crippen molar-refractivity contribution in [2.24, 2.45) is 0 Å². The molecule has 82 valence electrons. The molecule has 1 aromatic carbocycles. The fraction of sp³-hybridized carbons (Fsp3) is 0.400. The summed E-state index contributed by atoms with van der Waals surface area (Å²) in [4.78, 5) is 0. The van der Waals surface area contributed by atoms with Gasteiger partial charge in [-0.15, -0.1) is 0 Å². The van der Waals surface area contributed by atoms with Crippen LogP contribution in [-0.2, 0) is 11.3 Å². The Hall–Kier alpha value is -0.940. The lowest BCUT2D eigenvalue weighted by atomic mass is 10.1. The summed E-state index contributed by atoms with van der Waals surface area (Å²) in [5, 5.41) is 0. The molecule has 0 spiro atoms. The molecule has 1 aromatic rings. The second-order valence-electron chi connectivity index (χ2n) is 3.68. The molecule has 1 aliphatic carbocycles. The van der Waals surface area contributed by atoms with Crippen LogP contribution in [0.2, 0.25) is 0 Å². The van der Waals surface area contributed by atoms with Crippen LogP contribution in [0.1, 0.15) is 24.3 Å². The summed E-state index contributed by atoms with van der Waals surface area (Å²) in [6.45, 7) is 0. The normalized spacial score (nSPS) is 17.5. The van der Waals surface area contributed by atoms with Crippen LogP contribution in [0.5, 0.6) is 0 Å². The highest BCUT2D eigenvalue weighted by molar-refractivity contribution is 7.80. The monoisotopic (exact) mass is 229 g/mol. The van der Waals surface area contributed by atoms with Gasteiger partial charge in [-0.2, -0.15) is 0 Å². The summed E-state index contributed by atoms with van der Waals surface area (Å²) in [6.07, 6.45) is 1.92. The van der Waals surface area contributed by atoms with Crippen LogP contribution in [0.25, 0.3) is 0 Å². The highest BCUT2D eigenvalue weighted by atomic mass is 32.2. The molecule has 0 heterocycles. The zero-order valence-corrected chi connectivity index (χ0v) is 9.13. The van der Waals surface area contributed by atoms with Crippen LogP contribution in [0.15, 0.2) is 18.2 Å². The number of anilines is 1. The van der Waals surface area contributed by atoms with Gasteiger partial charge in [-0.3, -0.25) is 8.86 Å². The maximum atomic E-state index is 13.6. The van der Waals surface area contributed by atoms with E-state index in [2.05, 4.69) is 0 Å². The van der Waals surface area contributed by atoms with Gasteiger partial charge in [-0.1, -0.05) is 6.07 Å². The van der Waals surface area contributed by atoms with E-state index in [1.807, 2.05) is 0 Å². The van der Waals surface area contributed by atoms with Gasteiger partial charge >= 0.3 is 0 Å². The van der Waals surface area contributed by atoms with Crippen molar-refractivity contribution in [3.05, 3.63) is 29.6 Å². The lowest BCUT2D eigenvalue weighted by Gasteiger charge is -2.18. The summed E-state index contributed by atoms with van der Waals surface area (Å²) in [7, 11) is 1.48. The van der Waals surface area contributed by atoms with E-state index < -0.39 is 11.3 Å². The van der Waals surface area contributed by atoms with E-state index in [0.717, 1.165) is 12.8 Å². The third kappa shape index (κ3) is 2.03. The third-order valence-corrected chi connectivity index (χ3v) is 3.25. The van der Waals surface area contributed by atoms with Crippen LogP contribution in [0, 0.1) is 5.82 Å². The summed E-state index contributed by atoms with van der Waals surface area (Å²) in [5.74, 6) is -0.0699. The maximum Gasteiger partial charge on any atom is 0.261 e. The number of halogens is 1. The van der Waals surface area contributed by atoms with E-state index in [4.69, 9.17) is 4.55 Å². The highest BCUT2D eigenvalue weighted by Gasteiger charge is 2.30. The van der Waals surface area contributed by atoms with E-state index in [0.29, 0.717) is 11.3 Å². The molecule has 1 saturated carbocycles. The molecule has 2 rings (SSSR count). The number of hydrogen-bond acceptors (Lipinski definition) is 1. The molecule has 3 nitrogen and oxygen atoms in total. The molecule has 1 unspecified atom stereocenters. The van der Waals surface area contributed by atoms with Crippen molar-refractivity contribution < 1.29 is 13.2 Å². The van der Waals surface area contributed by atoms with Crippen LogP contribution in [0.3, 0.4) is 0 Å². The number of rotatable bonds is 3. The van der Waals surface area contributed by atoms with Crippen LogP contribution in [-0.4, -0.2) is 15.8 Å². The molecule has 1 N–H and O–H groups in total. The van der Waals surface area contributed by atoms with Crippen LogP contribution in [0.4, 0.5) is 10.1 Å². The number of benzene rings is 1. The first-order valence-electron chi connectivity index (χ1n) is 4.74. The van der Waals surface area contributed by atoms with E-state index in [1.165, 1.54) is 17.4 Å². The molecule has 1 atom stereocenters. The molecule has 0 radical (unpaired) electrons. The lowest BCUT2D eigenvalue weighted by molar-refractivity contribution is 0.562. The molecule has 0 aliphatic heterocycles. The van der Waals surface area contributed by atoms with Gasteiger partial charge in [0.15, 0.2) is 0 Å². The molecule has 0 amide bonds. The molecule has 0 saturated heterocycles. The summed E-state index contributed by atoms with van der Waals surface area (Å²) < 4.78 is 34.6. The first-order chi connectivity index (χ1) is 7.11. The van der Waals surface area contributed by atoms with Crippen LogP contribution >= 0.6 is 0 Å². The average molecular weight is 229 g/mol. The minimum atomic E-state index is -2.10. The molecular weight excluding hydrogens is 217 g/mol. The van der Waals surface area contributed by atoms with Gasteiger partial charge in [0.1, 0.15) is 5.82 Å². The van der Waals surface area contributed by atoms with Crippen molar-refractivity contribution in [1.29, 1.82) is 0 Å². The smallest absolute Gasteiger partial charge is 0.261 e. The van der Waals surface area contributed by atoms with Gasteiger partial charge in [-0.25, -0.2) is 8.60 Å². The zero-order chi connectivity index (χ0) is 11.0. The molecule has 15 heavy (non-hydrogen) atoms. The Morgan fingerprint density at radius 2 is 2.20 bits per heavy atom. The number of hydrogen-bond donors (Lipinski definition) is 1. The standard InChI is InChI=1S/C10H12FNO2S/c1-12(15(13)14)9-4-2-3-8(11)10(9)7-5-6-7/h2-4,7H,5-6H2,1H3,(H,13,14). The van der Waals surface area contributed by atoms with Crippen molar-refractivity contribution in [2.45, 2.75) is 18.8 Å². The Labute approximate surface area is 90.3 Å². The topological polar surface area (TPSA) is 40.5 Å². The third-order valence-electron chi connectivity index (χ3n) is 2.59. The Kier molecular flexibility index (Phi) is 2.75. The summed E-state index contributed by atoms with van der Waals surface area (Å²) in [5.41, 5.74) is 1.08. The molecule has 1 fully saturated rings. The first kappa shape index (κ1) is 10.6. The zero-order valence-electron chi connectivity index (χ0n) is 8.31. The first-order valence-corrected chi connectivity index (χ1v) is 5.80. The highest BCUT2D eigenvalue weighted by Crippen LogP contribution is 2.45. The minimum Gasteiger partial charge on any atom is -0.289 e. The maximum absolute atomic E-state index is 13.6. The van der Waals surface area contributed by atoms with Gasteiger partial charge < -0.3 is 0 Å². The van der Waals surface area contributed by atoms with Gasteiger partial charge in [-0.05, 0) is 30.9 Å². The predicted octanol–water partition coefficient (Wildman–Crippen LogP) is 2.28. The van der Waals surface area contributed by atoms with Gasteiger partial charge in [0, 0.05) is 12.6 Å². The summed E-state index contributed by atoms with van der Waals surface area (Å²) >= 11 is -2.10. The Morgan fingerprint density at radius 1 is 1.53 bits per heavy atom. The van der Waals surface area contributed by atoms with E-state index in [-0.39, 0.29) is 11.7 Å².